The highest BCUT2D eigenvalue weighted by Gasteiger charge is 2.39. The van der Waals surface area contributed by atoms with Gasteiger partial charge in [-0.15, -0.1) is 0 Å². The Labute approximate surface area is 112 Å². The second kappa shape index (κ2) is 5.03. The Bertz CT molecular complexity index is 484. The van der Waals surface area contributed by atoms with E-state index in [1.54, 1.807) is 6.07 Å². The molecule has 1 heterocycles. The normalized spacial score (nSPS) is 15.1. The lowest BCUT2D eigenvalue weighted by Crippen LogP contribution is -2.34. The SMILES string of the molecule is CCNc1ccc([N+](=O)[O-])c(NC(C)(C)C2CC2)n1. The van der Waals surface area contributed by atoms with Gasteiger partial charge in [0.1, 0.15) is 5.82 Å². The van der Waals surface area contributed by atoms with Crippen molar-refractivity contribution in [2.24, 2.45) is 5.92 Å². The van der Waals surface area contributed by atoms with Crippen molar-refractivity contribution in [3.63, 3.8) is 0 Å². The van der Waals surface area contributed by atoms with E-state index in [9.17, 15) is 10.1 Å². The minimum Gasteiger partial charge on any atom is -0.370 e. The van der Waals surface area contributed by atoms with Crippen molar-refractivity contribution >= 4 is 17.3 Å². The van der Waals surface area contributed by atoms with Crippen LogP contribution < -0.4 is 10.6 Å². The van der Waals surface area contributed by atoms with Crippen LogP contribution in [0.25, 0.3) is 0 Å². The van der Waals surface area contributed by atoms with Crippen LogP contribution in [-0.2, 0) is 0 Å². The van der Waals surface area contributed by atoms with E-state index in [1.165, 1.54) is 18.9 Å². The van der Waals surface area contributed by atoms with Crippen LogP contribution in [0.1, 0.15) is 33.6 Å². The second-order valence-electron chi connectivity index (χ2n) is 5.47. The van der Waals surface area contributed by atoms with E-state index in [-0.39, 0.29) is 11.2 Å². The number of anilines is 2. The molecular weight excluding hydrogens is 244 g/mol. The number of hydrogen-bond donors (Lipinski definition) is 2. The van der Waals surface area contributed by atoms with Gasteiger partial charge in [-0.25, -0.2) is 4.98 Å². The molecule has 0 radical (unpaired) electrons. The topological polar surface area (TPSA) is 80.1 Å². The predicted octanol–water partition coefficient (Wildman–Crippen LogP) is 3.02. The zero-order valence-electron chi connectivity index (χ0n) is 11.6. The van der Waals surface area contributed by atoms with E-state index in [1.807, 2.05) is 6.92 Å². The molecule has 2 rings (SSSR count). The fourth-order valence-electron chi connectivity index (χ4n) is 2.18. The lowest BCUT2D eigenvalue weighted by molar-refractivity contribution is -0.384. The standard InChI is InChI=1S/C13H20N4O2/c1-4-14-11-8-7-10(17(18)19)12(15-11)16-13(2,3)9-5-6-9/h7-9H,4-6H2,1-3H3,(H2,14,15,16). The molecule has 0 atom stereocenters. The summed E-state index contributed by atoms with van der Waals surface area (Å²) in [4.78, 5) is 15.0. The highest BCUT2D eigenvalue weighted by Crippen LogP contribution is 2.42. The molecule has 0 unspecified atom stereocenters. The lowest BCUT2D eigenvalue weighted by atomic mass is 9.99. The molecular formula is C13H20N4O2. The first-order valence-electron chi connectivity index (χ1n) is 6.61. The quantitative estimate of drug-likeness (QED) is 0.609. The summed E-state index contributed by atoms with van der Waals surface area (Å²) < 4.78 is 0. The molecule has 1 aromatic rings. The van der Waals surface area contributed by atoms with Gasteiger partial charge >= 0.3 is 5.69 Å². The van der Waals surface area contributed by atoms with Crippen LogP contribution in [0.5, 0.6) is 0 Å². The van der Waals surface area contributed by atoms with Crippen molar-refractivity contribution in [3.05, 3.63) is 22.2 Å². The van der Waals surface area contributed by atoms with Crippen molar-refractivity contribution in [1.29, 1.82) is 0 Å². The van der Waals surface area contributed by atoms with Gasteiger partial charge in [0.2, 0.25) is 5.82 Å². The largest absolute Gasteiger partial charge is 0.370 e. The molecule has 1 fully saturated rings. The summed E-state index contributed by atoms with van der Waals surface area (Å²) >= 11 is 0. The van der Waals surface area contributed by atoms with Crippen LogP contribution >= 0.6 is 0 Å². The molecule has 1 aromatic heterocycles. The molecule has 6 heteroatoms. The Morgan fingerprint density at radius 2 is 2.16 bits per heavy atom. The van der Waals surface area contributed by atoms with Crippen LogP contribution in [-0.4, -0.2) is 22.0 Å². The van der Waals surface area contributed by atoms with Gasteiger partial charge in [-0.1, -0.05) is 0 Å². The van der Waals surface area contributed by atoms with Gasteiger partial charge < -0.3 is 10.6 Å². The molecule has 2 N–H and O–H groups in total. The molecule has 0 spiro atoms. The molecule has 19 heavy (non-hydrogen) atoms. The van der Waals surface area contributed by atoms with E-state index in [4.69, 9.17) is 0 Å². The van der Waals surface area contributed by atoms with Crippen LogP contribution in [0, 0.1) is 16.0 Å². The highest BCUT2D eigenvalue weighted by molar-refractivity contribution is 5.61. The highest BCUT2D eigenvalue weighted by atomic mass is 16.6. The van der Waals surface area contributed by atoms with Crippen LogP contribution in [0.15, 0.2) is 12.1 Å². The average Bonchev–Trinajstić information content (AvgIpc) is 3.12. The molecule has 0 bridgehead atoms. The number of nitrogens with one attached hydrogen (secondary N) is 2. The monoisotopic (exact) mass is 264 g/mol. The zero-order valence-corrected chi connectivity index (χ0v) is 11.6. The lowest BCUT2D eigenvalue weighted by Gasteiger charge is -2.26. The Hall–Kier alpha value is -1.85. The summed E-state index contributed by atoms with van der Waals surface area (Å²) in [5.41, 5.74) is -0.141. The fourth-order valence-corrected chi connectivity index (χ4v) is 2.18. The summed E-state index contributed by atoms with van der Waals surface area (Å²) in [6.45, 7) is 6.83. The summed E-state index contributed by atoms with van der Waals surface area (Å²) in [6, 6.07) is 3.13. The van der Waals surface area contributed by atoms with Gasteiger partial charge in [0, 0.05) is 18.2 Å². The maximum Gasteiger partial charge on any atom is 0.311 e. The van der Waals surface area contributed by atoms with Gasteiger partial charge in [-0.2, -0.15) is 0 Å². The predicted molar refractivity (Wildman–Crippen MR) is 75.5 cm³/mol. The summed E-state index contributed by atoms with van der Waals surface area (Å²) in [6.07, 6.45) is 2.33. The smallest absolute Gasteiger partial charge is 0.311 e. The molecule has 1 aliphatic rings. The van der Waals surface area contributed by atoms with Gasteiger partial charge in [-0.05, 0) is 45.6 Å². The molecule has 0 saturated heterocycles. The maximum atomic E-state index is 11.1. The number of pyridine rings is 1. The first kappa shape index (κ1) is 13.6. The van der Waals surface area contributed by atoms with Gasteiger partial charge in [0.25, 0.3) is 0 Å². The van der Waals surface area contributed by atoms with Crippen molar-refractivity contribution in [3.8, 4) is 0 Å². The number of nitrogens with zero attached hydrogens (tertiary/aromatic N) is 2. The molecule has 0 aliphatic heterocycles. The number of hydrogen-bond acceptors (Lipinski definition) is 5. The number of rotatable bonds is 6. The summed E-state index contributed by atoms with van der Waals surface area (Å²) in [7, 11) is 0. The minimum absolute atomic E-state index is 0.0235. The Morgan fingerprint density at radius 3 is 2.68 bits per heavy atom. The van der Waals surface area contributed by atoms with Crippen molar-refractivity contribution in [1.82, 2.24) is 4.98 Å². The van der Waals surface area contributed by atoms with Crippen LogP contribution in [0.4, 0.5) is 17.3 Å². The molecule has 0 amide bonds. The first-order valence-corrected chi connectivity index (χ1v) is 6.61. The Kier molecular flexibility index (Phi) is 3.59. The van der Waals surface area contributed by atoms with E-state index >= 15 is 0 Å². The van der Waals surface area contributed by atoms with Crippen LogP contribution in [0.3, 0.4) is 0 Å². The number of nitro groups is 1. The number of aromatic nitrogens is 1. The molecule has 6 nitrogen and oxygen atoms in total. The Balaban J connectivity index is 2.28. The third kappa shape index (κ3) is 3.13. The molecule has 1 saturated carbocycles. The zero-order chi connectivity index (χ0) is 14.0. The van der Waals surface area contributed by atoms with Gasteiger partial charge in [0.15, 0.2) is 0 Å². The van der Waals surface area contributed by atoms with E-state index in [2.05, 4.69) is 29.5 Å². The van der Waals surface area contributed by atoms with Gasteiger partial charge in [-0.3, -0.25) is 10.1 Å². The van der Waals surface area contributed by atoms with E-state index in [0.717, 1.165) is 6.54 Å². The Morgan fingerprint density at radius 1 is 1.47 bits per heavy atom. The third-order valence-corrected chi connectivity index (χ3v) is 3.47. The maximum absolute atomic E-state index is 11.1. The third-order valence-electron chi connectivity index (χ3n) is 3.47. The second-order valence-corrected chi connectivity index (χ2v) is 5.47. The summed E-state index contributed by atoms with van der Waals surface area (Å²) in [5.74, 6) is 1.57. The first-order chi connectivity index (χ1) is 8.94. The van der Waals surface area contributed by atoms with E-state index < -0.39 is 4.92 Å². The summed E-state index contributed by atoms with van der Waals surface area (Å²) in [5, 5.41) is 17.4. The minimum atomic E-state index is -0.395. The fraction of sp³-hybridized carbons (Fsp3) is 0.615. The van der Waals surface area contributed by atoms with Gasteiger partial charge in [0.05, 0.1) is 4.92 Å². The molecule has 104 valence electrons. The average molecular weight is 264 g/mol. The van der Waals surface area contributed by atoms with Crippen LogP contribution in [0.2, 0.25) is 0 Å². The van der Waals surface area contributed by atoms with Crippen molar-refractivity contribution in [2.45, 2.75) is 39.2 Å². The molecule has 0 aromatic carbocycles. The van der Waals surface area contributed by atoms with Crippen molar-refractivity contribution in [2.75, 3.05) is 17.2 Å². The molecule has 1 aliphatic carbocycles. The van der Waals surface area contributed by atoms with E-state index in [0.29, 0.717) is 17.6 Å². The van der Waals surface area contributed by atoms with Crippen molar-refractivity contribution < 1.29 is 4.92 Å².